The van der Waals surface area contributed by atoms with Gasteiger partial charge in [0.25, 0.3) is 21.8 Å². The van der Waals surface area contributed by atoms with E-state index >= 15 is 0 Å². The van der Waals surface area contributed by atoms with E-state index in [1.165, 1.54) is 11.1 Å². The van der Waals surface area contributed by atoms with Gasteiger partial charge in [-0.05, 0) is 83.1 Å². The maximum atomic E-state index is 13.3. The van der Waals surface area contributed by atoms with Gasteiger partial charge in [0.1, 0.15) is 5.65 Å². The second kappa shape index (κ2) is 15.3. The van der Waals surface area contributed by atoms with E-state index in [0.29, 0.717) is 35.7 Å². The van der Waals surface area contributed by atoms with Crippen LogP contribution >= 0.6 is 45.8 Å². The highest BCUT2D eigenvalue weighted by Crippen LogP contribution is 2.38. The van der Waals surface area contributed by atoms with Crippen LogP contribution in [0.3, 0.4) is 0 Å². The monoisotopic (exact) mass is 878 g/mol. The number of pyridine rings is 2. The Bertz CT molecular complexity index is 2640. The summed E-state index contributed by atoms with van der Waals surface area (Å²) >= 11 is 15.3. The zero-order chi connectivity index (χ0) is 38.2. The first-order valence-corrected chi connectivity index (χ1v) is 19.4. The number of hydrogen-bond acceptors (Lipinski definition) is 6. The summed E-state index contributed by atoms with van der Waals surface area (Å²) in [6.07, 6.45) is 6.59. The molecule has 2 amide bonds. The van der Waals surface area contributed by atoms with Gasteiger partial charge in [0.15, 0.2) is 5.65 Å². The summed E-state index contributed by atoms with van der Waals surface area (Å²) in [7, 11) is 3.00. The lowest BCUT2D eigenvalue weighted by Gasteiger charge is -2.12. The Morgan fingerprint density at radius 1 is 0.774 bits per heavy atom. The fraction of sp³-hybridized carbons (Fsp3) is 0.128. The third-order valence-electron chi connectivity index (χ3n) is 8.43. The van der Waals surface area contributed by atoms with Crippen LogP contribution < -0.4 is 0 Å². The molecule has 270 valence electrons. The van der Waals surface area contributed by atoms with Crippen molar-refractivity contribution in [1.82, 2.24) is 28.7 Å². The number of aromatic nitrogens is 4. The molecule has 4 aromatic heterocycles. The smallest absolute Gasteiger partial charge is 0.269 e. The van der Waals surface area contributed by atoms with Gasteiger partial charge in [-0.25, -0.2) is 22.4 Å². The lowest BCUT2D eigenvalue weighted by Crippen LogP contribution is -2.21. The highest BCUT2D eigenvalue weighted by atomic mass is 127. The van der Waals surface area contributed by atoms with Crippen LogP contribution in [0.25, 0.3) is 44.3 Å². The molecule has 14 heteroatoms. The number of amides is 2. The second-order valence-corrected chi connectivity index (χ2v) is 16.3. The lowest BCUT2D eigenvalue weighted by molar-refractivity contribution is 0.0820. The number of nitrogens with one attached hydrogen (secondary N) is 1. The van der Waals surface area contributed by atoms with Crippen molar-refractivity contribution in [2.45, 2.75) is 11.8 Å². The van der Waals surface area contributed by atoms with E-state index in [9.17, 15) is 18.0 Å². The van der Waals surface area contributed by atoms with Crippen LogP contribution in [0.15, 0.2) is 109 Å². The molecule has 0 bridgehead atoms. The van der Waals surface area contributed by atoms with Gasteiger partial charge in [0, 0.05) is 84.2 Å². The molecule has 53 heavy (non-hydrogen) atoms. The average molecular weight is 880 g/mol. The molecule has 4 heterocycles. The number of rotatable bonds is 6. The Balaban J connectivity index is 0.000000198. The van der Waals surface area contributed by atoms with E-state index < -0.39 is 10.0 Å². The zero-order valence-electron chi connectivity index (χ0n) is 29.2. The van der Waals surface area contributed by atoms with E-state index in [2.05, 4.69) is 37.5 Å². The predicted molar refractivity (Wildman–Crippen MR) is 219 cm³/mol. The molecule has 0 aliphatic carbocycles. The van der Waals surface area contributed by atoms with Crippen molar-refractivity contribution in [3.05, 3.63) is 134 Å². The van der Waals surface area contributed by atoms with Crippen LogP contribution in [0.1, 0.15) is 26.3 Å². The Labute approximate surface area is 330 Å². The van der Waals surface area contributed by atoms with Crippen molar-refractivity contribution in [2.24, 2.45) is 0 Å². The van der Waals surface area contributed by atoms with Gasteiger partial charge in [0.2, 0.25) is 0 Å². The van der Waals surface area contributed by atoms with Crippen LogP contribution in [0.5, 0.6) is 0 Å². The van der Waals surface area contributed by atoms with Crippen molar-refractivity contribution < 1.29 is 18.0 Å². The number of carbonyl (C=O) groups is 2. The number of aryl methyl sites for hydroxylation is 1. The highest BCUT2D eigenvalue weighted by molar-refractivity contribution is 14.1. The van der Waals surface area contributed by atoms with Crippen LogP contribution in [0.4, 0.5) is 0 Å². The normalized spacial score (nSPS) is 11.3. The SMILES string of the molecule is CN(C)C(=O)c1cccc(-c2cnc3[nH]ccc3c2Cl)c1.Cc1ccc(S(=O)(=O)n2cc(I)c3c(Cl)c(-c4cccc(C(=O)N(C)C)c4)cnc32)cc1. The maximum Gasteiger partial charge on any atom is 0.269 e. The minimum absolute atomic E-state index is 0.0383. The topological polar surface area (TPSA) is 121 Å². The maximum absolute atomic E-state index is 13.3. The standard InChI is InChI=1S/C23H19ClIN3O3S.C16H14ClN3O/c1-14-7-9-17(10-8-14)32(30,31)28-13-19(25)20-21(24)18(12-26-22(20)28)15-5-4-6-16(11-15)23(29)27(2)3;1-20(2)16(21)11-5-3-4-10(8-11)13-9-19-15-12(14(13)17)6-7-18-15/h4-13H,1-3H3;3-9H,1-2H3,(H,18,19). The summed E-state index contributed by atoms with van der Waals surface area (Å²) in [4.78, 5) is 39.5. The van der Waals surface area contributed by atoms with E-state index in [0.717, 1.165) is 37.3 Å². The Morgan fingerprint density at radius 3 is 1.89 bits per heavy atom. The number of carbonyl (C=O) groups excluding carboxylic acids is 2. The molecule has 0 spiro atoms. The van der Waals surface area contributed by atoms with Crippen molar-refractivity contribution in [2.75, 3.05) is 28.2 Å². The third-order valence-corrected chi connectivity index (χ3v) is 11.7. The van der Waals surface area contributed by atoms with Crippen LogP contribution in [0, 0.1) is 10.5 Å². The summed E-state index contributed by atoms with van der Waals surface area (Å²) in [6, 6.07) is 23.1. The molecule has 0 unspecified atom stereocenters. The third kappa shape index (κ3) is 7.54. The van der Waals surface area contributed by atoms with Gasteiger partial charge in [0.05, 0.1) is 20.3 Å². The molecule has 0 atom stereocenters. The first-order valence-electron chi connectivity index (χ1n) is 16.1. The van der Waals surface area contributed by atoms with E-state index in [1.54, 1.807) is 100 Å². The number of H-pyrrole nitrogens is 1. The van der Waals surface area contributed by atoms with Gasteiger partial charge < -0.3 is 14.8 Å². The highest BCUT2D eigenvalue weighted by Gasteiger charge is 2.24. The van der Waals surface area contributed by atoms with Gasteiger partial charge in [-0.2, -0.15) is 0 Å². The molecule has 1 N–H and O–H groups in total. The molecule has 0 saturated carbocycles. The van der Waals surface area contributed by atoms with Crippen molar-refractivity contribution >= 4 is 89.7 Å². The Morgan fingerprint density at radius 2 is 1.32 bits per heavy atom. The minimum atomic E-state index is -3.84. The largest absolute Gasteiger partial charge is 0.346 e. The molecule has 0 fully saturated rings. The van der Waals surface area contributed by atoms with E-state index in [4.69, 9.17) is 23.2 Å². The lowest BCUT2D eigenvalue weighted by atomic mass is 10.0. The molecule has 3 aromatic carbocycles. The van der Waals surface area contributed by atoms with Gasteiger partial charge in [-0.1, -0.05) is 65.2 Å². The molecule has 10 nitrogen and oxygen atoms in total. The summed E-state index contributed by atoms with van der Waals surface area (Å²) in [6.45, 7) is 1.90. The molecule has 0 aliphatic rings. The number of halogens is 3. The molecular weight excluding hydrogens is 846 g/mol. The van der Waals surface area contributed by atoms with Crippen LogP contribution in [-0.2, 0) is 10.0 Å². The van der Waals surface area contributed by atoms with E-state index in [-0.39, 0.29) is 22.4 Å². The number of nitrogens with zero attached hydrogens (tertiary/aromatic N) is 5. The van der Waals surface area contributed by atoms with Crippen molar-refractivity contribution in [3.63, 3.8) is 0 Å². The second-order valence-electron chi connectivity index (χ2n) is 12.6. The molecule has 0 aliphatic heterocycles. The molecular formula is C39H33Cl2IN6O4S. The van der Waals surface area contributed by atoms with Gasteiger partial charge in [-0.3, -0.25) is 9.59 Å². The number of aromatic amines is 1. The first-order chi connectivity index (χ1) is 25.2. The molecule has 0 radical (unpaired) electrons. The summed E-state index contributed by atoms with van der Waals surface area (Å²) < 4.78 is 28.3. The number of hydrogen-bond donors (Lipinski definition) is 1. The predicted octanol–water partition coefficient (Wildman–Crippen LogP) is 8.79. The van der Waals surface area contributed by atoms with Gasteiger partial charge in [-0.15, -0.1) is 0 Å². The quantitative estimate of drug-likeness (QED) is 0.167. The van der Waals surface area contributed by atoms with E-state index in [1.807, 2.05) is 37.3 Å². The summed E-state index contributed by atoms with van der Waals surface area (Å²) in [5.41, 5.74) is 6.17. The zero-order valence-corrected chi connectivity index (χ0v) is 33.7. The van der Waals surface area contributed by atoms with Crippen LogP contribution in [-0.4, -0.2) is 77.1 Å². The van der Waals surface area contributed by atoms with Gasteiger partial charge >= 0.3 is 0 Å². The van der Waals surface area contributed by atoms with Crippen LogP contribution in [0.2, 0.25) is 10.0 Å². The molecule has 7 aromatic rings. The first kappa shape index (κ1) is 38.0. The number of fused-ring (bicyclic) bond motifs is 2. The summed E-state index contributed by atoms with van der Waals surface area (Å²) in [5, 5.41) is 2.44. The fourth-order valence-corrected chi connectivity index (χ4v) is 8.74. The Kier molecular flexibility index (Phi) is 11.0. The summed E-state index contributed by atoms with van der Waals surface area (Å²) in [5.74, 6) is -0.161. The molecule has 7 rings (SSSR count). The fourth-order valence-electron chi connectivity index (χ4n) is 5.63. The number of benzene rings is 3. The average Bonchev–Trinajstić information content (AvgIpc) is 3.77. The minimum Gasteiger partial charge on any atom is -0.346 e. The van der Waals surface area contributed by atoms with Crippen molar-refractivity contribution in [1.29, 1.82) is 0 Å². The molecule has 0 saturated heterocycles. The Hall–Kier alpha value is -4.76. The van der Waals surface area contributed by atoms with Crippen molar-refractivity contribution in [3.8, 4) is 22.3 Å².